The van der Waals surface area contributed by atoms with Gasteiger partial charge in [-0.15, -0.1) is 0 Å². The maximum absolute atomic E-state index is 12.2. The maximum Gasteiger partial charge on any atom is 0.308 e. The van der Waals surface area contributed by atoms with Crippen LogP contribution in [0, 0.1) is 12.8 Å². The quantitative estimate of drug-likeness (QED) is 0.834. The summed E-state index contributed by atoms with van der Waals surface area (Å²) in [6.07, 6.45) is 1.35. The van der Waals surface area contributed by atoms with Gasteiger partial charge in [-0.2, -0.15) is 0 Å². The number of aryl methyl sites for hydroxylation is 1. The Morgan fingerprint density at radius 1 is 1.56 bits per heavy atom. The van der Waals surface area contributed by atoms with Crippen molar-refractivity contribution in [3.05, 3.63) is 10.6 Å². The van der Waals surface area contributed by atoms with Crippen LogP contribution < -0.4 is 5.73 Å². The van der Waals surface area contributed by atoms with Crippen molar-refractivity contribution in [1.82, 2.24) is 9.88 Å². The minimum absolute atomic E-state index is 0.160. The minimum atomic E-state index is -0.840. The monoisotopic (exact) mass is 269 g/mol. The van der Waals surface area contributed by atoms with Gasteiger partial charge in [-0.3, -0.25) is 9.59 Å². The van der Waals surface area contributed by atoms with Crippen molar-refractivity contribution >= 4 is 28.3 Å². The summed E-state index contributed by atoms with van der Waals surface area (Å²) in [5.74, 6) is -1.46. The van der Waals surface area contributed by atoms with Crippen LogP contribution in [0.4, 0.5) is 5.13 Å². The summed E-state index contributed by atoms with van der Waals surface area (Å²) in [5, 5.41) is 9.36. The molecule has 0 unspecified atom stereocenters. The molecule has 98 valence electrons. The number of aliphatic carboxylic acids is 1. The topological polar surface area (TPSA) is 96.5 Å². The van der Waals surface area contributed by atoms with Gasteiger partial charge in [0.2, 0.25) is 0 Å². The predicted molar refractivity (Wildman–Crippen MR) is 67.5 cm³/mol. The number of carbonyl (C=O) groups is 2. The van der Waals surface area contributed by atoms with Gasteiger partial charge in [-0.05, 0) is 19.8 Å². The van der Waals surface area contributed by atoms with Crippen LogP contribution >= 0.6 is 11.3 Å². The molecule has 7 heteroatoms. The van der Waals surface area contributed by atoms with Gasteiger partial charge in [0, 0.05) is 13.1 Å². The SMILES string of the molecule is Cc1nc(N)sc1C(=O)N1CCC[C@H](C(=O)O)C1. The number of likely N-dealkylation sites (tertiary alicyclic amines) is 1. The molecule has 0 radical (unpaired) electrons. The van der Waals surface area contributed by atoms with Crippen molar-refractivity contribution < 1.29 is 14.7 Å². The third-order valence-corrected chi connectivity index (χ3v) is 4.04. The Balaban J connectivity index is 2.14. The number of piperidine rings is 1. The molecule has 1 saturated heterocycles. The lowest BCUT2D eigenvalue weighted by atomic mass is 9.98. The Bertz CT molecular complexity index is 486. The molecule has 0 aromatic carbocycles. The molecule has 1 aromatic heterocycles. The van der Waals surface area contributed by atoms with Crippen LogP contribution in [0.15, 0.2) is 0 Å². The van der Waals surface area contributed by atoms with Crippen LogP contribution in [-0.2, 0) is 4.79 Å². The zero-order valence-corrected chi connectivity index (χ0v) is 10.9. The summed E-state index contributed by atoms with van der Waals surface area (Å²) in [6.45, 7) is 2.60. The molecule has 0 aliphatic carbocycles. The number of nitrogens with two attached hydrogens (primary N) is 1. The number of carboxylic acid groups (broad SMARTS) is 1. The van der Waals surface area contributed by atoms with Crippen LogP contribution in [0.5, 0.6) is 0 Å². The standard InChI is InChI=1S/C11H15N3O3S/c1-6-8(18-11(12)13-6)9(15)14-4-2-3-7(5-14)10(16)17/h7H,2-5H2,1H3,(H2,12,13)(H,16,17)/t7-/m0/s1. The molecule has 18 heavy (non-hydrogen) atoms. The van der Waals surface area contributed by atoms with Gasteiger partial charge >= 0.3 is 5.97 Å². The number of nitrogens with zero attached hydrogens (tertiary/aromatic N) is 2. The van der Waals surface area contributed by atoms with E-state index < -0.39 is 11.9 Å². The molecule has 2 heterocycles. The molecular formula is C11H15N3O3S. The number of hydrogen-bond acceptors (Lipinski definition) is 5. The van der Waals surface area contributed by atoms with Crippen molar-refractivity contribution in [3.8, 4) is 0 Å². The lowest BCUT2D eigenvalue weighted by Crippen LogP contribution is -2.42. The average molecular weight is 269 g/mol. The van der Waals surface area contributed by atoms with Crippen molar-refractivity contribution in [2.24, 2.45) is 5.92 Å². The molecule has 6 nitrogen and oxygen atoms in total. The number of aromatic nitrogens is 1. The summed E-state index contributed by atoms with van der Waals surface area (Å²) >= 11 is 1.15. The van der Waals surface area contributed by atoms with Crippen LogP contribution in [0.3, 0.4) is 0 Å². The maximum atomic E-state index is 12.2. The van der Waals surface area contributed by atoms with Gasteiger partial charge in [0.1, 0.15) is 4.88 Å². The van der Waals surface area contributed by atoms with E-state index in [0.29, 0.717) is 28.7 Å². The lowest BCUT2D eigenvalue weighted by Gasteiger charge is -2.30. The number of anilines is 1. The summed E-state index contributed by atoms with van der Waals surface area (Å²) in [4.78, 5) is 29.3. The van der Waals surface area contributed by atoms with Crippen molar-refractivity contribution in [1.29, 1.82) is 0 Å². The molecular weight excluding hydrogens is 254 g/mol. The highest BCUT2D eigenvalue weighted by molar-refractivity contribution is 7.17. The Hall–Kier alpha value is -1.63. The van der Waals surface area contributed by atoms with E-state index >= 15 is 0 Å². The summed E-state index contributed by atoms with van der Waals surface area (Å²) in [5.41, 5.74) is 6.18. The van der Waals surface area contributed by atoms with Gasteiger partial charge < -0.3 is 15.7 Å². The van der Waals surface area contributed by atoms with Gasteiger partial charge in [-0.25, -0.2) is 4.98 Å². The van der Waals surface area contributed by atoms with Gasteiger partial charge in [-0.1, -0.05) is 11.3 Å². The molecule has 0 bridgehead atoms. The van der Waals surface area contributed by atoms with Gasteiger partial charge in [0.25, 0.3) is 5.91 Å². The number of nitrogen functional groups attached to an aromatic ring is 1. The zero-order valence-electron chi connectivity index (χ0n) is 10.0. The largest absolute Gasteiger partial charge is 0.481 e. The Kier molecular flexibility index (Phi) is 3.51. The third kappa shape index (κ3) is 2.45. The van der Waals surface area contributed by atoms with Crippen molar-refractivity contribution in [2.45, 2.75) is 19.8 Å². The fourth-order valence-electron chi connectivity index (χ4n) is 2.12. The van der Waals surface area contributed by atoms with Gasteiger partial charge in [0.05, 0.1) is 11.6 Å². The Morgan fingerprint density at radius 3 is 2.83 bits per heavy atom. The van der Waals surface area contributed by atoms with E-state index in [2.05, 4.69) is 4.98 Å². The van der Waals surface area contributed by atoms with Crippen LogP contribution in [0.25, 0.3) is 0 Å². The second kappa shape index (κ2) is 4.93. The van der Waals surface area contributed by atoms with E-state index in [-0.39, 0.29) is 12.5 Å². The molecule has 1 aliphatic heterocycles. The van der Waals surface area contributed by atoms with Crippen LogP contribution in [-0.4, -0.2) is 40.0 Å². The molecule has 2 rings (SSSR count). The number of amides is 1. The first kappa shape index (κ1) is 12.8. The van der Waals surface area contributed by atoms with Crippen LogP contribution in [0.1, 0.15) is 28.2 Å². The average Bonchev–Trinajstić information content (AvgIpc) is 2.67. The smallest absolute Gasteiger partial charge is 0.308 e. The molecule has 1 atom stereocenters. The molecule has 1 fully saturated rings. The predicted octanol–water partition coefficient (Wildman–Crippen LogP) is 0.971. The first-order valence-corrected chi connectivity index (χ1v) is 6.55. The number of rotatable bonds is 2. The van der Waals surface area contributed by atoms with Crippen molar-refractivity contribution in [3.63, 3.8) is 0 Å². The number of thiazole rings is 1. The first-order chi connectivity index (χ1) is 8.49. The normalized spacial score (nSPS) is 19.8. The first-order valence-electron chi connectivity index (χ1n) is 5.74. The molecule has 3 N–H and O–H groups in total. The highest BCUT2D eigenvalue weighted by atomic mass is 32.1. The summed E-state index contributed by atoms with van der Waals surface area (Å²) in [7, 11) is 0. The van der Waals surface area contributed by atoms with E-state index in [9.17, 15) is 9.59 Å². The van der Waals surface area contributed by atoms with Crippen LogP contribution in [0.2, 0.25) is 0 Å². The highest BCUT2D eigenvalue weighted by Gasteiger charge is 2.30. The van der Waals surface area contributed by atoms with E-state index in [1.165, 1.54) is 0 Å². The minimum Gasteiger partial charge on any atom is -0.481 e. The summed E-state index contributed by atoms with van der Waals surface area (Å²) in [6, 6.07) is 0. The molecule has 0 spiro atoms. The molecule has 0 saturated carbocycles. The summed E-state index contributed by atoms with van der Waals surface area (Å²) < 4.78 is 0. The molecule has 1 aromatic rings. The van der Waals surface area contributed by atoms with E-state index in [1.807, 2.05) is 0 Å². The fourth-order valence-corrected chi connectivity index (χ4v) is 2.92. The number of carbonyl (C=O) groups excluding carboxylic acids is 1. The number of hydrogen-bond donors (Lipinski definition) is 2. The lowest BCUT2D eigenvalue weighted by molar-refractivity contribution is -0.143. The zero-order chi connectivity index (χ0) is 13.3. The molecule has 1 aliphatic rings. The molecule has 1 amide bonds. The fraction of sp³-hybridized carbons (Fsp3) is 0.545. The van der Waals surface area contributed by atoms with Gasteiger partial charge in [0.15, 0.2) is 5.13 Å². The number of carboxylic acids is 1. The van der Waals surface area contributed by atoms with Crippen molar-refractivity contribution in [2.75, 3.05) is 18.8 Å². The van der Waals surface area contributed by atoms with E-state index in [1.54, 1.807) is 11.8 Å². The second-order valence-electron chi connectivity index (χ2n) is 4.40. The van der Waals surface area contributed by atoms with E-state index in [0.717, 1.165) is 17.8 Å². The Morgan fingerprint density at radius 2 is 2.28 bits per heavy atom. The Labute approximate surface area is 108 Å². The highest BCUT2D eigenvalue weighted by Crippen LogP contribution is 2.24. The van der Waals surface area contributed by atoms with E-state index in [4.69, 9.17) is 10.8 Å². The third-order valence-electron chi connectivity index (χ3n) is 3.07. The second-order valence-corrected chi connectivity index (χ2v) is 5.43.